The maximum Gasteiger partial charge on any atom is 0.113 e. The van der Waals surface area contributed by atoms with Gasteiger partial charge in [0.1, 0.15) is 11.9 Å². The molecule has 0 aliphatic carbocycles. The first-order valence-electron chi connectivity index (χ1n) is 6.37. The fourth-order valence-electron chi connectivity index (χ4n) is 2.45. The molecule has 2 aromatic carbocycles. The minimum Gasteiger partial charge on any atom is -0.363 e. The first-order valence-corrected chi connectivity index (χ1v) is 6.91. The second kappa shape index (κ2) is 5.45. The lowest BCUT2D eigenvalue weighted by atomic mass is 9.95. The number of aliphatic imine (C=N–C) groups is 1. The molecule has 1 aliphatic rings. The topological polar surface area (TPSA) is 24.4 Å². The van der Waals surface area contributed by atoms with Crippen molar-refractivity contribution in [3.8, 4) is 0 Å². The Morgan fingerprint density at radius 2 is 1.47 bits per heavy atom. The quantitative estimate of drug-likeness (QED) is 0.845. The van der Waals surface area contributed by atoms with E-state index in [0.29, 0.717) is 5.88 Å². The zero-order valence-electron chi connectivity index (χ0n) is 10.5. The van der Waals surface area contributed by atoms with Crippen molar-refractivity contribution in [1.82, 2.24) is 5.32 Å². The van der Waals surface area contributed by atoms with Crippen LogP contribution in [0, 0.1) is 0 Å². The monoisotopic (exact) mass is 270 g/mol. The fourth-order valence-corrected chi connectivity index (χ4v) is 2.60. The van der Waals surface area contributed by atoms with Crippen LogP contribution in [0.4, 0.5) is 0 Å². The Labute approximate surface area is 118 Å². The van der Waals surface area contributed by atoms with Crippen LogP contribution in [-0.2, 0) is 0 Å². The van der Waals surface area contributed by atoms with E-state index in [1.807, 2.05) is 24.3 Å². The summed E-state index contributed by atoms with van der Waals surface area (Å²) < 4.78 is 0. The van der Waals surface area contributed by atoms with Gasteiger partial charge in [-0.15, -0.1) is 11.6 Å². The Hall–Kier alpha value is -1.80. The molecular weight excluding hydrogens is 256 g/mol. The van der Waals surface area contributed by atoms with Gasteiger partial charge in [0.15, 0.2) is 0 Å². The number of halogens is 1. The molecule has 2 aromatic rings. The third-order valence-electron chi connectivity index (χ3n) is 3.36. The molecule has 0 aromatic heterocycles. The van der Waals surface area contributed by atoms with Crippen LogP contribution in [0.15, 0.2) is 65.7 Å². The lowest BCUT2D eigenvalue weighted by Gasteiger charge is -2.19. The molecule has 2 nitrogen and oxygen atoms in total. The maximum atomic E-state index is 5.92. The molecule has 0 amide bonds. The summed E-state index contributed by atoms with van der Waals surface area (Å²) >= 11 is 5.92. The van der Waals surface area contributed by atoms with Crippen molar-refractivity contribution in [1.29, 1.82) is 0 Å². The molecule has 1 aliphatic heterocycles. The minimum atomic E-state index is 0.0948. The highest BCUT2D eigenvalue weighted by Gasteiger charge is 2.30. The summed E-state index contributed by atoms with van der Waals surface area (Å²) in [6.07, 6.45) is 0. The van der Waals surface area contributed by atoms with Crippen LogP contribution in [-0.4, -0.2) is 11.7 Å². The molecule has 96 valence electrons. The molecule has 0 fully saturated rings. The number of rotatable bonds is 3. The first-order chi connectivity index (χ1) is 9.38. The first kappa shape index (κ1) is 12.2. The Morgan fingerprint density at radius 1 is 0.895 bits per heavy atom. The molecule has 0 bridgehead atoms. The van der Waals surface area contributed by atoms with Gasteiger partial charge in [0, 0.05) is 0 Å². The van der Waals surface area contributed by atoms with Crippen LogP contribution in [0.5, 0.6) is 0 Å². The molecule has 0 saturated carbocycles. The second-order valence-electron chi connectivity index (χ2n) is 4.60. The zero-order chi connectivity index (χ0) is 13.1. The number of benzene rings is 2. The summed E-state index contributed by atoms with van der Waals surface area (Å²) in [7, 11) is 0. The summed E-state index contributed by atoms with van der Waals surface area (Å²) in [4.78, 5) is 4.71. The van der Waals surface area contributed by atoms with E-state index >= 15 is 0 Å². The summed E-state index contributed by atoms with van der Waals surface area (Å²) in [6.45, 7) is 0. The van der Waals surface area contributed by atoms with Gasteiger partial charge in [-0.3, -0.25) is 4.99 Å². The smallest absolute Gasteiger partial charge is 0.113 e. The van der Waals surface area contributed by atoms with Crippen LogP contribution in [0.2, 0.25) is 0 Å². The lowest BCUT2D eigenvalue weighted by molar-refractivity contribution is 0.572. The van der Waals surface area contributed by atoms with Crippen molar-refractivity contribution in [2.75, 3.05) is 5.88 Å². The average Bonchev–Trinajstić information content (AvgIpc) is 2.93. The molecule has 3 rings (SSSR count). The number of hydrogen-bond donors (Lipinski definition) is 1. The molecule has 19 heavy (non-hydrogen) atoms. The number of nitrogens with one attached hydrogen (secondary N) is 1. The highest BCUT2D eigenvalue weighted by Crippen LogP contribution is 2.35. The van der Waals surface area contributed by atoms with Crippen molar-refractivity contribution < 1.29 is 0 Å². The van der Waals surface area contributed by atoms with E-state index in [9.17, 15) is 0 Å². The van der Waals surface area contributed by atoms with Crippen LogP contribution < -0.4 is 5.32 Å². The van der Waals surface area contributed by atoms with Crippen molar-refractivity contribution in [2.24, 2.45) is 4.99 Å². The molecule has 2 atom stereocenters. The Bertz CT molecular complexity index is 566. The van der Waals surface area contributed by atoms with Crippen molar-refractivity contribution in [3.63, 3.8) is 0 Å². The van der Waals surface area contributed by atoms with Crippen molar-refractivity contribution in [2.45, 2.75) is 12.1 Å². The van der Waals surface area contributed by atoms with E-state index in [4.69, 9.17) is 16.6 Å². The van der Waals surface area contributed by atoms with E-state index in [1.54, 1.807) is 0 Å². The Morgan fingerprint density at radius 3 is 2.05 bits per heavy atom. The van der Waals surface area contributed by atoms with Crippen LogP contribution >= 0.6 is 11.6 Å². The van der Waals surface area contributed by atoms with Crippen LogP contribution in [0.25, 0.3) is 0 Å². The van der Waals surface area contributed by atoms with Gasteiger partial charge in [-0.25, -0.2) is 0 Å². The molecule has 1 heterocycles. The van der Waals surface area contributed by atoms with Gasteiger partial charge in [0.05, 0.1) is 11.9 Å². The van der Waals surface area contributed by atoms with Gasteiger partial charge >= 0.3 is 0 Å². The number of hydrogen-bond acceptors (Lipinski definition) is 2. The van der Waals surface area contributed by atoms with Crippen LogP contribution in [0.3, 0.4) is 0 Å². The van der Waals surface area contributed by atoms with Crippen molar-refractivity contribution >= 4 is 17.4 Å². The summed E-state index contributed by atoms with van der Waals surface area (Å²) in [5.41, 5.74) is 2.45. The van der Waals surface area contributed by atoms with E-state index in [-0.39, 0.29) is 12.1 Å². The summed E-state index contributed by atoms with van der Waals surface area (Å²) in [5.74, 6) is 1.29. The van der Waals surface area contributed by atoms with Gasteiger partial charge in [0.25, 0.3) is 0 Å². The molecule has 1 N–H and O–H groups in total. The van der Waals surface area contributed by atoms with Gasteiger partial charge in [0.2, 0.25) is 0 Å². The normalized spacial score (nSPS) is 21.8. The molecule has 0 saturated heterocycles. The van der Waals surface area contributed by atoms with Gasteiger partial charge in [-0.2, -0.15) is 0 Å². The fraction of sp³-hybridized carbons (Fsp3) is 0.188. The van der Waals surface area contributed by atoms with E-state index in [0.717, 1.165) is 5.84 Å². The highest BCUT2D eigenvalue weighted by molar-refractivity contribution is 6.28. The highest BCUT2D eigenvalue weighted by atomic mass is 35.5. The summed E-state index contributed by atoms with van der Waals surface area (Å²) in [5, 5.41) is 3.42. The molecule has 0 spiro atoms. The predicted molar refractivity (Wildman–Crippen MR) is 79.7 cm³/mol. The van der Waals surface area contributed by atoms with Gasteiger partial charge in [-0.1, -0.05) is 60.7 Å². The zero-order valence-corrected chi connectivity index (χ0v) is 11.2. The summed E-state index contributed by atoms with van der Waals surface area (Å²) in [6, 6.07) is 21.0. The third kappa shape index (κ3) is 2.49. The molecular formula is C16H15ClN2. The molecule has 0 radical (unpaired) electrons. The van der Waals surface area contributed by atoms with Gasteiger partial charge in [-0.05, 0) is 11.1 Å². The largest absolute Gasteiger partial charge is 0.363 e. The molecule has 0 unspecified atom stereocenters. The maximum absolute atomic E-state index is 5.92. The predicted octanol–water partition coefficient (Wildman–Crippen LogP) is 3.71. The van der Waals surface area contributed by atoms with E-state index < -0.39 is 0 Å². The average molecular weight is 271 g/mol. The number of alkyl halides is 1. The van der Waals surface area contributed by atoms with Gasteiger partial charge < -0.3 is 5.32 Å². The van der Waals surface area contributed by atoms with Crippen molar-refractivity contribution in [3.05, 3.63) is 71.8 Å². The number of amidine groups is 1. The van der Waals surface area contributed by atoms with E-state index in [2.05, 4.69) is 41.7 Å². The van der Waals surface area contributed by atoms with E-state index in [1.165, 1.54) is 11.1 Å². The second-order valence-corrected chi connectivity index (χ2v) is 4.86. The molecule has 3 heteroatoms. The Kier molecular flexibility index (Phi) is 3.51. The minimum absolute atomic E-state index is 0.0948. The third-order valence-corrected chi connectivity index (χ3v) is 3.61. The SMILES string of the molecule is ClCC1=N[C@H](c2ccccc2)[C@@H](c2ccccc2)N1. The van der Waals surface area contributed by atoms with Crippen LogP contribution in [0.1, 0.15) is 23.2 Å². The number of nitrogens with zero attached hydrogens (tertiary/aromatic N) is 1. The standard InChI is InChI=1S/C16H15ClN2/c17-11-14-18-15(12-7-3-1-4-8-12)16(19-14)13-9-5-2-6-10-13/h1-10,15-16H,11H2,(H,18,19)/t15-,16-/m1/s1. The lowest BCUT2D eigenvalue weighted by Crippen LogP contribution is -2.25. The Balaban J connectivity index is 1.96.